The fourth-order valence-corrected chi connectivity index (χ4v) is 5.70. The van der Waals surface area contributed by atoms with Gasteiger partial charge < -0.3 is 29.0 Å². The van der Waals surface area contributed by atoms with Gasteiger partial charge in [-0.2, -0.15) is 0 Å². The summed E-state index contributed by atoms with van der Waals surface area (Å²) in [6.45, 7) is 2.14. The number of nitrogens with one attached hydrogen (secondary N) is 1. The molecule has 1 amide bonds. The molecule has 4 rings (SSSR count). The standard InChI is InChI=1S/C27H29ClN2O8S/c1-17(18-5-8-24-26(13-18)38-12-11-37-24)29-27(31)16-30(21-14-19(28)6-9-22(21)34-2)39(32,33)20-7-10-23(35-3)25(15-20)36-4/h5-10,13-15,17H,11-12,16H2,1-4H3,(H,29,31)/t17-/m1/s1. The van der Waals surface area contributed by atoms with Crippen LogP contribution in [0.2, 0.25) is 5.02 Å². The number of hydrogen-bond donors (Lipinski definition) is 1. The Labute approximate surface area is 232 Å². The molecule has 1 atom stereocenters. The van der Waals surface area contributed by atoms with Crippen molar-refractivity contribution in [3.8, 4) is 28.7 Å². The number of sulfonamides is 1. The number of anilines is 1. The van der Waals surface area contributed by atoms with E-state index in [0.717, 1.165) is 9.87 Å². The highest BCUT2D eigenvalue weighted by Crippen LogP contribution is 2.37. The number of halogens is 1. The normalized spacial score (nSPS) is 13.3. The van der Waals surface area contributed by atoms with Crippen LogP contribution in [0, 0.1) is 0 Å². The van der Waals surface area contributed by atoms with E-state index >= 15 is 0 Å². The second kappa shape index (κ2) is 11.9. The summed E-state index contributed by atoms with van der Waals surface area (Å²) in [5.41, 5.74) is 0.865. The van der Waals surface area contributed by atoms with E-state index < -0.39 is 28.5 Å². The lowest BCUT2D eigenvalue weighted by Crippen LogP contribution is -2.41. The number of hydrogen-bond acceptors (Lipinski definition) is 8. The Morgan fingerprint density at radius 1 is 0.923 bits per heavy atom. The molecule has 0 saturated heterocycles. The van der Waals surface area contributed by atoms with E-state index in [-0.39, 0.29) is 27.1 Å². The molecule has 1 aliphatic heterocycles. The van der Waals surface area contributed by atoms with Gasteiger partial charge in [-0.3, -0.25) is 9.10 Å². The van der Waals surface area contributed by atoms with Crippen molar-refractivity contribution in [3.05, 3.63) is 65.2 Å². The van der Waals surface area contributed by atoms with Crippen molar-refractivity contribution in [2.75, 3.05) is 45.4 Å². The average Bonchev–Trinajstić information content (AvgIpc) is 2.95. The van der Waals surface area contributed by atoms with Crippen LogP contribution in [-0.4, -0.2) is 55.4 Å². The summed E-state index contributed by atoms with van der Waals surface area (Å²) in [6.07, 6.45) is 0. The minimum Gasteiger partial charge on any atom is -0.495 e. The van der Waals surface area contributed by atoms with E-state index in [4.69, 9.17) is 35.3 Å². The van der Waals surface area contributed by atoms with E-state index in [0.29, 0.717) is 30.5 Å². The molecule has 0 aromatic heterocycles. The Kier molecular flexibility index (Phi) is 8.61. The van der Waals surface area contributed by atoms with Crippen LogP contribution in [0.3, 0.4) is 0 Å². The predicted octanol–water partition coefficient (Wildman–Crippen LogP) is 4.21. The van der Waals surface area contributed by atoms with Crippen molar-refractivity contribution < 1.29 is 36.9 Å². The van der Waals surface area contributed by atoms with Gasteiger partial charge in [0.25, 0.3) is 10.0 Å². The van der Waals surface area contributed by atoms with Gasteiger partial charge in [0, 0.05) is 11.1 Å². The molecule has 0 saturated carbocycles. The molecule has 1 heterocycles. The molecule has 1 aliphatic rings. The Balaban J connectivity index is 1.67. The van der Waals surface area contributed by atoms with E-state index in [9.17, 15) is 13.2 Å². The summed E-state index contributed by atoms with van der Waals surface area (Å²) in [7, 11) is -0.0578. The largest absolute Gasteiger partial charge is 0.495 e. The van der Waals surface area contributed by atoms with Crippen LogP contribution in [0.4, 0.5) is 5.69 Å². The van der Waals surface area contributed by atoms with Gasteiger partial charge >= 0.3 is 0 Å². The van der Waals surface area contributed by atoms with Crippen LogP contribution in [-0.2, 0) is 14.8 Å². The fourth-order valence-electron chi connectivity index (χ4n) is 4.09. The van der Waals surface area contributed by atoms with Gasteiger partial charge in [0.1, 0.15) is 25.5 Å². The van der Waals surface area contributed by atoms with Gasteiger partial charge in [-0.05, 0) is 55.0 Å². The number of fused-ring (bicyclic) bond motifs is 1. The summed E-state index contributed by atoms with van der Waals surface area (Å²) in [4.78, 5) is 13.2. The van der Waals surface area contributed by atoms with Crippen LogP contribution in [0.25, 0.3) is 0 Å². The lowest BCUT2D eigenvalue weighted by molar-refractivity contribution is -0.120. The van der Waals surface area contributed by atoms with Crippen molar-refractivity contribution in [2.45, 2.75) is 17.9 Å². The number of ether oxygens (including phenoxy) is 5. The quantitative estimate of drug-likeness (QED) is 0.382. The monoisotopic (exact) mass is 576 g/mol. The van der Waals surface area contributed by atoms with E-state index in [1.54, 1.807) is 25.1 Å². The SMILES string of the molecule is COc1ccc(S(=O)(=O)N(CC(=O)N[C@H](C)c2ccc3c(c2)OCCO3)c2cc(Cl)ccc2OC)cc1OC. The third-order valence-corrected chi connectivity index (χ3v) is 8.07. The highest BCUT2D eigenvalue weighted by Gasteiger charge is 2.31. The second-order valence-electron chi connectivity index (χ2n) is 8.54. The molecule has 0 radical (unpaired) electrons. The van der Waals surface area contributed by atoms with Crippen molar-refractivity contribution in [2.24, 2.45) is 0 Å². The predicted molar refractivity (Wildman–Crippen MR) is 146 cm³/mol. The van der Waals surface area contributed by atoms with Crippen LogP contribution in [0.15, 0.2) is 59.5 Å². The summed E-state index contributed by atoms with van der Waals surface area (Å²) in [5.74, 6) is 1.45. The third-order valence-electron chi connectivity index (χ3n) is 6.08. The average molecular weight is 577 g/mol. The number of rotatable bonds is 10. The lowest BCUT2D eigenvalue weighted by atomic mass is 10.1. The van der Waals surface area contributed by atoms with Gasteiger partial charge in [0.15, 0.2) is 23.0 Å². The van der Waals surface area contributed by atoms with Crippen molar-refractivity contribution in [1.82, 2.24) is 5.32 Å². The molecule has 0 unspecified atom stereocenters. The zero-order chi connectivity index (χ0) is 28.2. The molecule has 208 valence electrons. The van der Waals surface area contributed by atoms with Crippen LogP contribution in [0.1, 0.15) is 18.5 Å². The maximum Gasteiger partial charge on any atom is 0.265 e. The Morgan fingerprint density at radius 2 is 1.59 bits per heavy atom. The van der Waals surface area contributed by atoms with E-state index in [1.807, 2.05) is 6.07 Å². The summed E-state index contributed by atoms with van der Waals surface area (Å²) >= 11 is 6.22. The number of carbonyl (C=O) groups excluding carboxylic acids is 1. The van der Waals surface area contributed by atoms with Gasteiger partial charge in [-0.25, -0.2) is 8.42 Å². The van der Waals surface area contributed by atoms with E-state index in [2.05, 4.69) is 5.32 Å². The number of amides is 1. The maximum absolute atomic E-state index is 14.0. The highest BCUT2D eigenvalue weighted by molar-refractivity contribution is 7.92. The Bertz CT molecular complexity index is 1460. The maximum atomic E-state index is 14.0. The number of carbonyl (C=O) groups is 1. The van der Waals surface area contributed by atoms with E-state index in [1.165, 1.54) is 51.7 Å². The topological polar surface area (TPSA) is 113 Å². The van der Waals surface area contributed by atoms with Crippen LogP contribution < -0.4 is 33.3 Å². The Morgan fingerprint density at radius 3 is 2.28 bits per heavy atom. The smallest absolute Gasteiger partial charge is 0.265 e. The van der Waals surface area contributed by atoms with Gasteiger partial charge in [-0.1, -0.05) is 17.7 Å². The molecule has 3 aromatic rings. The third kappa shape index (κ3) is 6.10. The summed E-state index contributed by atoms with van der Waals surface area (Å²) in [5, 5.41) is 3.13. The van der Waals surface area contributed by atoms with Gasteiger partial charge in [0.2, 0.25) is 5.91 Å². The van der Waals surface area contributed by atoms with Crippen molar-refractivity contribution >= 4 is 33.2 Å². The Hall–Kier alpha value is -3.83. The molecule has 0 fully saturated rings. The molecular formula is C27H29ClN2O8S. The molecular weight excluding hydrogens is 548 g/mol. The first-order valence-corrected chi connectivity index (χ1v) is 13.8. The van der Waals surface area contributed by atoms with Crippen molar-refractivity contribution in [1.29, 1.82) is 0 Å². The fraction of sp³-hybridized carbons (Fsp3) is 0.296. The number of methoxy groups -OCH3 is 3. The summed E-state index contributed by atoms with van der Waals surface area (Å²) < 4.78 is 56.0. The first-order chi connectivity index (χ1) is 18.7. The molecule has 1 N–H and O–H groups in total. The number of nitrogens with zero attached hydrogens (tertiary/aromatic N) is 1. The molecule has 3 aromatic carbocycles. The molecule has 0 bridgehead atoms. The van der Waals surface area contributed by atoms with Crippen LogP contribution in [0.5, 0.6) is 28.7 Å². The number of benzene rings is 3. The van der Waals surface area contributed by atoms with Crippen LogP contribution >= 0.6 is 11.6 Å². The molecule has 0 spiro atoms. The van der Waals surface area contributed by atoms with Crippen molar-refractivity contribution in [3.63, 3.8) is 0 Å². The minimum absolute atomic E-state index is 0.0990. The van der Waals surface area contributed by atoms with Gasteiger partial charge in [-0.15, -0.1) is 0 Å². The first-order valence-electron chi connectivity index (χ1n) is 11.9. The first kappa shape index (κ1) is 28.2. The minimum atomic E-state index is -4.31. The zero-order valence-corrected chi connectivity index (χ0v) is 23.5. The zero-order valence-electron chi connectivity index (χ0n) is 21.9. The second-order valence-corrected chi connectivity index (χ2v) is 10.8. The summed E-state index contributed by atoms with van der Waals surface area (Å²) in [6, 6.07) is 13.6. The molecule has 12 heteroatoms. The lowest BCUT2D eigenvalue weighted by Gasteiger charge is -2.27. The molecule has 0 aliphatic carbocycles. The highest BCUT2D eigenvalue weighted by atomic mass is 35.5. The molecule has 39 heavy (non-hydrogen) atoms. The molecule has 10 nitrogen and oxygen atoms in total. The van der Waals surface area contributed by atoms with Gasteiger partial charge in [0.05, 0.1) is 38.0 Å².